The third-order valence-electron chi connectivity index (χ3n) is 4.09. The number of benzene rings is 1. The van der Waals surface area contributed by atoms with Gasteiger partial charge in [-0.2, -0.15) is 0 Å². The summed E-state index contributed by atoms with van der Waals surface area (Å²) in [6, 6.07) is 4.30. The molecule has 1 unspecified atom stereocenters. The van der Waals surface area contributed by atoms with Crippen molar-refractivity contribution in [2.75, 3.05) is 33.9 Å². The third-order valence-corrected chi connectivity index (χ3v) is 5.49. The number of likely N-dealkylation sites (tertiary alicyclic amines) is 1. The Morgan fingerprint density at radius 1 is 1.29 bits per heavy atom. The van der Waals surface area contributed by atoms with E-state index in [0.717, 1.165) is 12.8 Å². The Morgan fingerprint density at radius 2 is 2.00 bits per heavy atom. The summed E-state index contributed by atoms with van der Waals surface area (Å²) in [5, 5.41) is 0. The van der Waals surface area contributed by atoms with E-state index in [-0.39, 0.29) is 17.3 Å². The Labute approximate surface area is 143 Å². The highest BCUT2D eigenvalue weighted by atomic mass is 32.2. The highest BCUT2D eigenvalue weighted by Crippen LogP contribution is 2.29. The van der Waals surface area contributed by atoms with E-state index in [2.05, 4.69) is 11.6 Å². The number of amides is 1. The molecule has 1 aliphatic rings. The van der Waals surface area contributed by atoms with Crippen LogP contribution < -0.4 is 14.2 Å². The van der Waals surface area contributed by atoms with E-state index in [1.807, 2.05) is 0 Å². The van der Waals surface area contributed by atoms with Crippen molar-refractivity contribution < 1.29 is 22.7 Å². The van der Waals surface area contributed by atoms with Gasteiger partial charge in [-0.25, -0.2) is 13.1 Å². The molecule has 1 aliphatic heterocycles. The van der Waals surface area contributed by atoms with Gasteiger partial charge in [-0.15, -0.1) is 0 Å². The molecule has 0 saturated carbocycles. The summed E-state index contributed by atoms with van der Waals surface area (Å²) in [7, 11) is -0.890. The number of sulfonamides is 1. The van der Waals surface area contributed by atoms with E-state index in [1.54, 1.807) is 4.90 Å². The minimum absolute atomic E-state index is 0.0277. The molecule has 1 N–H and O–H groups in total. The van der Waals surface area contributed by atoms with Crippen molar-refractivity contribution in [2.45, 2.75) is 24.7 Å². The molecule has 0 radical (unpaired) electrons. The lowest BCUT2D eigenvalue weighted by atomic mass is 10.0. The quantitative estimate of drug-likeness (QED) is 0.829. The van der Waals surface area contributed by atoms with Crippen LogP contribution in [0.2, 0.25) is 0 Å². The van der Waals surface area contributed by atoms with E-state index < -0.39 is 10.0 Å². The zero-order chi connectivity index (χ0) is 17.7. The number of hydrogen-bond acceptors (Lipinski definition) is 5. The van der Waals surface area contributed by atoms with Gasteiger partial charge in [0.05, 0.1) is 25.7 Å². The Kier molecular flexibility index (Phi) is 6.06. The van der Waals surface area contributed by atoms with Crippen LogP contribution in [0, 0.1) is 5.92 Å². The topological polar surface area (TPSA) is 84.9 Å². The number of hydrogen-bond donors (Lipinski definition) is 1. The minimum atomic E-state index is -3.80. The van der Waals surface area contributed by atoms with Gasteiger partial charge in [-0.05, 0) is 30.9 Å². The molecule has 0 bridgehead atoms. The molecule has 134 valence electrons. The van der Waals surface area contributed by atoms with Crippen LogP contribution in [0.4, 0.5) is 0 Å². The largest absolute Gasteiger partial charge is 0.493 e. The summed E-state index contributed by atoms with van der Waals surface area (Å²) in [5.41, 5.74) is 0. The molecule has 1 saturated heterocycles. The summed E-state index contributed by atoms with van der Waals surface area (Å²) < 4.78 is 37.3. The number of rotatable bonds is 6. The van der Waals surface area contributed by atoms with Gasteiger partial charge in [-0.3, -0.25) is 4.79 Å². The van der Waals surface area contributed by atoms with Gasteiger partial charge in [-0.1, -0.05) is 6.92 Å². The van der Waals surface area contributed by atoms with Crippen molar-refractivity contribution in [3.05, 3.63) is 18.2 Å². The maximum atomic E-state index is 12.4. The fraction of sp³-hybridized carbons (Fsp3) is 0.562. The number of carbonyl (C=O) groups excluding carboxylic acids is 1. The van der Waals surface area contributed by atoms with Gasteiger partial charge < -0.3 is 14.4 Å². The number of nitrogens with one attached hydrogen (secondary N) is 1. The molecule has 8 heteroatoms. The summed E-state index contributed by atoms with van der Waals surface area (Å²) in [4.78, 5) is 13.9. The Bertz CT molecular complexity index is 690. The lowest BCUT2D eigenvalue weighted by molar-refractivity contribution is -0.131. The van der Waals surface area contributed by atoms with E-state index in [4.69, 9.17) is 9.47 Å². The number of methoxy groups -OCH3 is 2. The summed E-state index contributed by atoms with van der Waals surface area (Å²) >= 11 is 0. The normalized spacial score (nSPS) is 18.3. The Hall–Kier alpha value is -1.80. The summed E-state index contributed by atoms with van der Waals surface area (Å²) in [6.45, 7) is 3.20. The molecule has 7 nitrogen and oxygen atoms in total. The standard InChI is InChI=1S/C16H24N2O5S/c1-12-5-4-8-18(11-12)16(19)10-17-24(20,21)13-6-7-14(22-2)15(9-13)23-3/h6-7,9,12,17H,4-5,8,10-11H2,1-3H3. The minimum Gasteiger partial charge on any atom is -0.493 e. The van der Waals surface area contributed by atoms with E-state index >= 15 is 0 Å². The van der Waals surface area contributed by atoms with Crippen molar-refractivity contribution in [1.82, 2.24) is 9.62 Å². The third kappa shape index (κ3) is 4.39. The first-order valence-corrected chi connectivity index (χ1v) is 9.35. The molecule has 1 atom stereocenters. The predicted molar refractivity (Wildman–Crippen MR) is 89.7 cm³/mol. The molecular formula is C16H24N2O5S. The van der Waals surface area contributed by atoms with Gasteiger partial charge in [0.2, 0.25) is 15.9 Å². The average molecular weight is 356 g/mol. The molecule has 0 spiro atoms. The van der Waals surface area contributed by atoms with Crippen LogP contribution in [0.3, 0.4) is 0 Å². The number of ether oxygens (including phenoxy) is 2. The second-order valence-electron chi connectivity index (χ2n) is 5.93. The molecule has 1 aromatic rings. The molecule has 1 aromatic carbocycles. The van der Waals surface area contributed by atoms with Gasteiger partial charge in [0.25, 0.3) is 0 Å². The number of piperidine rings is 1. The fourth-order valence-electron chi connectivity index (χ4n) is 2.75. The molecule has 1 heterocycles. The Morgan fingerprint density at radius 3 is 2.62 bits per heavy atom. The van der Waals surface area contributed by atoms with Crippen molar-refractivity contribution >= 4 is 15.9 Å². The summed E-state index contributed by atoms with van der Waals surface area (Å²) in [6.07, 6.45) is 2.05. The van der Waals surface area contributed by atoms with Crippen LogP contribution in [0.25, 0.3) is 0 Å². The average Bonchev–Trinajstić information content (AvgIpc) is 2.59. The SMILES string of the molecule is COc1ccc(S(=O)(=O)NCC(=O)N2CCCC(C)C2)cc1OC. The molecule has 1 fully saturated rings. The van der Waals surface area contributed by atoms with Gasteiger partial charge in [0.1, 0.15) is 0 Å². The number of carbonyl (C=O) groups is 1. The lowest BCUT2D eigenvalue weighted by Gasteiger charge is -2.31. The van der Waals surface area contributed by atoms with Crippen molar-refractivity contribution in [3.8, 4) is 11.5 Å². The smallest absolute Gasteiger partial charge is 0.241 e. The highest BCUT2D eigenvalue weighted by molar-refractivity contribution is 7.89. The van der Waals surface area contributed by atoms with Crippen molar-refractivity contribution in [2.24, 2.45) is 5.92 Å². The predicted octanol–water partition coefficient (Wildman–Crippen LogP) is 1.24. The maximum Gasteiger partial charge on any atom is 0.241 e. The first-order valence-electron chi connectivity index (χ1n) is 7.87. The van der Waals surface area contributed by atoms with Crippen LogP contribution in [-0.2, 0) is 14.8 Å². The highest BCUT2D eigenvalue weighted by Gasteiger charge is 2.23. The van der Waals surface area contributed by atoms with Crippen LogP contribution in [0.1, 0.15) is 19.8 Å². The molecule has 1 amide bonds. The zero-order valence-corrected chi connectivity index (χ0v) is 15.1. The Balaban J connectivity index is 2.04. The van der Waals surface area contributed by atoms with Crippen LogP contribution in [-0.4, -0.2) is 53.1 Å². The maximum absolute atomic E-state index is 12.4. The molecule has 0 aromatic heterocycles. The zero-order valence-electron chi connectivity index (χ0n) is 14.2. The molecule has 0 aliphatic carbocycles. The van der Waals surface area contributed by atoms with Crippen LogP contribution in [0.5, 0.6) is 11.5 Å². The first-order chi connectivity index (χ1) is 11.4. The molecule has 2 rings (SSSR count). The van der Waals surface area contributed by atoms with Crippen LogP contribution in [0.15, 0.2) is 23.1 Å². The van der Waals surface area contributed by atoms with E-state index in [0.29, 0.717) is 30.5 Å². The van der Waals surface area contributed by atoms with Crippen LogP contribution >= 0.6 is 0 Å². The van der Waals surface area contributed by atoms with Gasteiger partial charge in [0, 0.05) is 19.2 Å². The second kappa shape index (κ2) is 7.85. The lowest BCUT2D eigenvalue weighted by Crippen LogP contribution is -2.44. The van der Waals surface area contributed by atoms with Gasteiger partial charge >= 0.3 is 0 Å². The monoisotopic (exact) mass is 356 g/mol. The molecular weight excluding hydrogens is 332 g/mol. The van der Waals surface area contributed by atoms with E-state index in [1.165, 1.54) is 32.4 Å². The van der Waals surface area contributed by atoms with Gasteiger partial charge in [0.15, 0.2) is 11.5 Å². The second-order valence-corrected chi connectivity index (χ2v) is 7.70. The fourth-order valence-corrected chi connectivity index (χ4v) is 3.74. The molecule has 24 heavy (non-hydrogen) atoms. The van der Waals surface area contributed by atoms with Crippen molar-refractivity contribution in [3.63, 3.8) is 0 Å². The summed E-state index contributed by atoms with van der Waals surface area (Å²) in [5.74, 6) is 1.00. The van der Waals surface area contributed by atoms with E-state index in [9.17, 15) is 13.2 Å². The number of nitrogens with zero attached hydrogens (tertiary/aromatic N) is 1. The first kappa shape index (κ1) is 18.5. The van der Waals surface area contributed by atoms with Crippen molar-refractivity contribution in [1.29, 1.82) is 0 Å².